The fourth-order valence-electron chi connectivity index (χ4n) is 1.26. The van der Waals surface area contributed by atoms with Gasteiger partial charge in [0.25, 0.3) is 5.91 Å². The van der Waals surface area contributed by atoms with Gasteiger partial charge in [0.2, 0.25) is 5.13 Å². The van der Waals surface area contributed by atoms with Crippen LogP contribution in [-0.4, -0.2) is 23.2 Å². The second-order valence-electron chi connectivity index (χ2n) is 3.39. The molecular formula is C11H10FN3O2S. The lowest BCUT2D eigenvalue weighted by Gasteiger charge is -2.00. The van der Waals surface area contributed by atoms with Gasteiger partial charge in [0, 0.05) is 12.7 Å². The van der Waals surface area contributed by atoms with Gasteiger partial charge in [-0.25, -0.2) is 4.39 Å². The van der Waals surface area contributed by atoms with Crippen molar-refractivity contribution >= 4 is 22.4 Å². The summed E-state index contributed by atoms with van der Waals surface area (Å²) in [4.78, 5) is 11.8. The van der Waals surface area contributed by atoms with Crippen molar-refractivity contribution < 1.29 is 13.9 Å². The van der Waals surface area contributed by atoms with E-state index in [0.29, 0.717) is 22.3 Å². The molecule has 18 heavy (non-hydrogen) atoms. The highest BCUT2D eigenvalue weighted by atomic mass is 32.1. The molecule has 0 bridgehead atoms. The Kier molecular flexibility index (Phi) is 3.96. The molecule has 0 aliphatic rings. The van der Waals surface area contributed by atoms with Gasteiger partial charge in [-0.2, -0.15) is 0 Å². The molecule has 5 nitrogen and oxygen atoms in total. The Morgan fingerprint density at radius 1 is 1.39 bits per heavy atom. The molecular weight excluding hydrogens is 257 g/mol. The van der Waals surface area contributed by atoms with E-state index in [9.17, 15) is 9.18 Å². The Bertz CT molecular complexity index is 541. The average Bonchev–Trinajstić information content (AvgIpc) is 2.78. The molecule has 0 aliphatic carbocycles. The summed E-state index contributed by atoms with van der Waals surface area (Å²) in [6.07, 6.45) is 0. The molecule has 94 valence electrons. The quantitative estimate of drug-likeness (QED) is 0.921. The summed E-state index contributed by atoms with van der Waals surface area (Å²) in [7, 11) is 1.55. The number of nitrogens with one attached hydrogen (secondary N) is 1. The van der Waals surface area contributed by atoms with Crippen molar-refractivity contribution in [2.24, 2.45) is 0 Å². The van der Waals surface area contributed by atoms with Crippen molar-refractivity contribution in [1.82, 2.24) is 10.2 Å². The summed E-state index contributed by atoms with van der Waals surface area (Å²) in [5.74, 6) is -0.736. The molecule has 0 saturated heterocycles. The van der Waals surface area contributed by atoms with Crippen molar-refractivity contribution in [3.63, 3.8) is 0 Å². The van der Waals surface area contributed by atoms with Crippen molar-refractivity contribution in [3.05, 3.63) is 40.7 Å². The molecule has 0 radical (unpaired) electrons. The number of halogens is 1. The number of carbonyl (C=O) groups is 1. The molecule has 1 aromatic heterocycles. The van der Waals surface area contributed by atoms with Crippen LogP contribution in [0.3, 0.4) is 0 Å². The minimum Gasteiger partial charge on any atom is -0.377 e. The van der Waals surface area contributed by atoms with Gasteiger partial charge in [-0.3, -0.25) is 10.1 Å². The van der Waals surface area contributed by atoms with Crippen LogP contribution in [0.5, 0.6) is 0 Å². The SMILES string of the molecule is COCc1nnc(NC(=O)c2ccc(F)cc2)s1. The lowest BCUT2D eigenvalue weighted by atomic mass is 10.2. The first-order valence-electron chi connectivity index (χ1n) is 5.07. The lowest BCUT2D eigenvalue weighted by molar-refractivity contribution is 0.102. The van der Waals surface area contributed by atoms with E-state index in [-0.39, 0.29) is 11.7 Å². The Morgan fingerprint density at radius 2 is 2.11 bits per heavy atom. The molecule has 2 rings (SSSR count). The summed E-state index contributed by atoms with van der Waals surface area (Å²) in [5.41, 5.74) is 0.361. The number of benzene rings is 1. The Hall–Kier alpha value is -1.86. The van der Waals surface area contributed by atoms with Gasteiger partial charge in [-0.15, -0.1) is 10.2 Å². The molecule has 0 spiro atoms. The minimum absolute atomic E-state index is 0.351. The Labute approximate surface area is 107 Å². The zero-order chi connectivity index (χ0) is 13.0. The number of hydrogen-bond donors (Lipinski definition) is 1. The Balaban J connectivity index is 2.04. The van der Waals surface area contributed by atoms with Gasteiger partial charge >= 0.3 is 0 Å². The average molecular weight is 267 g/mol. The molecule has 0 saturated carbocycles. The van der Waals surface area contributed by atoms with Gasteiger partial charge < -0.3 is 4.74 Å². The molecule has 0 fully saturated rings. The van der Waals surface area contributed by atoms with E-state index >= 15 is 0 Å². The highest BCUT2D eigenvalue weighted by Gasteiger charge is 2.10. The van der Waals surface area contributed by atoms with E-state index in [1.165, 1.54) is 35.6 Å². The van der Waals surface area contributed by atoms with Crippen LogP contribution >= 0.6 is 11.3 Å². The Morgan fingerprint density at radius 3 is 2.78 bits per heavy atom. The maximum atomic E-state index is 12.7. The van der Waals surface area contributed by atoms with Crippen molar-refractivity contribution in [3.8, 4) is 0 Å². The molecule has 1 N–H and O–H groups in total. The lowest BCUT2D eigenvalue weighted by Crippen LogP contribution is -2.11. The van der Waals surface area contributed by atoms with Gasteiger partial charge in [-0.1, -0.05) is 11.3 Å². The zero-order valence-corrected chi connectivity index (χ0v) is 10.3. The fraction of sp³-hybridized carbons (Fsp3) is 0.182. The first kappa shape index (κ1) is 12.6. The maximum Gasteiger partial charge on any atom is 0.257 e. The second-order valence-corrected chi connectivity index (χ2v) is 4.46. The van der Waals surface area contributed by atoms with Crippen LogP contribution in [0.25, 0.3) is 0 Å². The van der Waals surface area contributed by atoms with Crippen molar-refractivity contribution in [2.45, 2.75) is 6.61 Å². The monoisotopic (exact) mass is 267 g/mol. The number of methoxy groups -OCH3 is 1. The largest absolute Gasteiger partial charge is 0.377 e. The van der Waals surface area contributed by atoms with Crippen LogP contribution in [0.15, 0.2) is 24.3 Å². The van der Waals surface area contributed by atoms with Crippen molar-refractivity contribution in [2.75, 3.05) is 12.4 Å². The van der Waals surface area contributed by atoms with Crippen LogP contribution in [0, 0.1) is 5.82 Å². The first-order valence-corrected chi connectivity index (χ1v) is 5.89. The smallest absolute Gasteiger partial charge is 0.257 e. The summed E-state index contributed by atoms with van der Waals surface area (Å²) in [6, 6.07) is 5.26. The number of carbonyl (C=O) groups excluding carboxylic acids is 1. The molecule has 1 heterocycles. The van der Waals surface area contributed by atoms with E-state index in [1.807, 2.05) is 0 Å². The van der Waals surface area contributed by atoms with Crippen LogP contribution in [0.2, 0.25) is 0 Å². The predicted octanol–water partition coefficient (Wildman–Crippen LogP) is 2.08. The number of hydrogen-bond acceptors (Lipinski definition) is 5. The standard InChI is InChI=1S/C11H10FN3O2S/c1-17-6-9-14-15-11(18-9)13-10(16)7-2-4-8(12)5-3-7/h2-5H,6H2,1H3,(H,13,15,16). The van der Waals surface area contributed by atoms with Crippen LogP contribution in [-0.2, 0) is 11.3 Å². The number of ether oxygens (including phenoxy) is 1. The molecule has 1 amide bonds. The minimum atomic E-state index is -0.384. The van der Waals surface area contributed by atoms with Gasteiger partial charge in [0.05, 0.1) is 0 Å². The highest BCUT2D eigenvalue weighted by molar-refractivity contribution is 7.15. The predicted molar refractivity (Wildman–Crippen MR) is 65.0 cm³/mol. The third kappa shape index (κ3) is 3.08. The van der Waals surface area contributed by atoms with Crippen LogP contribution in [0.4, 0.5) is 9.52 Å². The normalized spacial score (nSPS) is 10.3. The van der Waals surface area contributed by atoms with Gasteiger partial charge in [0.15, 0.2) is 0 Å². The number of rotatable bonds is 4. The molecule has 0 unspecified atom stereocenters. The van der Waals surface area contributed by atoms with Crippen molar-refractivity contribution in [1.29, 1.82) is 0 Å². The number of aromatic nitrogens is 2. The number of amides is 1. The second kappa shape index (κ2) is 5.65. The summed E-state index contributed by atoms with van der Waals surface area (Å²) in [5, 5.41) is 11.3. The molecule has 0 aliphatic heterocycles. The van der Waals surface area contributed by atoms with Gasteiger partial charge in [0.1, 0.15) is 17.4 Å². The van der Waals surface area contributed by atoms with E-state index in [1.54, 1.807) is 7.11 Å². The zero-order valence-electron chi connectivity index (χ0n) is 9.51. The van der Waals surface area contributed by atoms with E-state index in [4.69, 9.17) is 4.74 Å². The van der Waals surface area contributed by atoms with E-state index < -0.39 is 0 Å². The third-order valence-electron chi connectivity index (χ3n) is 2.06. The fourth-order valence-corrected chi connectivity index (χ4v) is 1.96. The molecule has 1 aromatic carbocycles. The maximum absolute atomic E-state index is 12.7. The third-order valence-corrected chi connectivity index (χ3v) is 2.87. The summed E-state index contributed by atoms with van der Waals surface area (Å²) < 4.78 is 17.6. The van der Waals surface area contributed by atoms with Crippen LogP contribution < -0.4 is 5.32 Å². The molecule has 7 heteroatoms. The topological polar surface area (TPSA) is 64.1 Å². The molecule has 0 atom stereocenters. The molecule has 2 aromatic rings. The number of nitrogens with zero attached hydrogens (tertiary/aromatic N) is 2. The number of anilines is 1. The van der Waals surface area contributed by atoms with E-state index in [0.717, 1.165) is 0 Å². The van der Waals surface area contributed by atoms with Gasteiger partial charge in [-0.05, 0) is 24.3 Å². The first-order chi connectivity index (χ1) is 8.69. The van der Waals surface area contributed by atoms with Crippen LogP contribution in [0.1, 0.15) is 15.4 Å². The summed E-state index contributed by atoms with van der Waals surface area (Å²) in [6.45, 7) is 0.351. The highest BCUT2D eigenvalue weighted by Crippen LogP contribution is 2.16. The van der Waals surface area contributed by atoms with E-state index in [2.05, 4.69) is 15.5 Å². The summed E-state index contributed by atoms with van der Waals surface area (Å²) >= 11 is 1.23.